The van der Waals surface area contributed by atoms with E-state index in [0.717, 1.165) is 88.3 Å². The van der Waals surface area contributed by atoms with Crippen LogP contribution in [0.25, 0.3) is 10.9 Å². The van der Waals surface area contributed by atoms with Gasteiger partial charge in [-0.3, -0.25) is 0 Å². The minimum absolute atomic E-state index is 0.689. The number of pyridine rings is 1. The van der Waals surface area contributed by atoms with Crippen molar-refractivity contribution in [3.05, 3.63) is 149 Å². The largest absolute Gasteiger partial charge is 0.340 e. The molecule has 5 nitrogen and oxygen atoms in total. The first-order chi connectivity index (χ1) is 20.5. The van der Waals surface area contributed by atoms with Crippen LogP contribution in [0.1, 0.15) is 55.5 Å². The lowest BCUT2D eigenvalue weighted by Gasteiger charge is -2.38. The first-order valence-electron chi connectivity index (χ1n) is 14.8. The molecule has 2 aliphatic rings. The normalized spacial score (nSPS) is 15.1. The first kappa shape index (κ1) is 27.4. The Hall–Kier alpha value is -4.77. The summed E-state index contributed by atoms with van der Waals surface area (Å²) < 4.78 is 0. The van der Waals surface area contributed by atoms with Gasteiger partial charge in [-0.2, -0.15) is 0 Å². The maximum atomic E-state index is 4.73. The number of fused-ring (bicyclic) bond motifs is 1. The van der Waals surface area contributed by atoms with E-state index in [1.807, 2.05) is 18.3 Å². The number of hydrogen-bond donors (Lipinski definition) is 1. The molecule has 0 atom stereocenters. The second kappa shape index (κ2) is 11.6. The van der Waals surface area contributed by atoms with Crippen molar-refractivity contribution in [1.29, 1.82) is 0 Å². The average Bonchev–Trinajstić information content (AvgIpc) is 3.01. The van der Waals surface area contributed by atoms with Crippen LogP contribution < -0.4 is 10.2 Å². The van der Waals surface area contributed by atoms with Crippen LogP contribution in [-0.2, 0) is 19.3 Å². The lowest BCUT2D eigenvalue weighted by atomic mass is 9.85. The van der Waals surface area contributed by atoms with Crippen molar-refractivity contribution >= 4 is 22.4 Å². The maximum absolute atomic E-state index is 4.73. The summed E-state index contributed by atoms with van der Waals surface area (Å²) in [5.41, 5.74) is 13.1. The smallest absolute Gasteiger partial charge is 0.130 e. The highest BCUT2D eigenvalue weighted by Gasteiger charge is 2.29. The lowest BCUT2D eigenvalue weighted by Crippen LogP contribution is -2.29. The Morgan fingerprint density at radius 2 is 1.71 bits per heavy atom. The third-order valence-corrected chi connectivity index (χ3v) is 8.34. The van der Waals surface area contributed by atoms with Crippen LogP contribution in [0.4, 0.5) is 11.5 Å². The molecule has 1 aliphatic heterocycles. The Bertz CT molecular complexity index is 1760. The topological polar surface area (TPSA) is 53.9 Å². The van der Waals surface area contributed by atoms with Gasteiger partial charge in [-0.15, -0.1) is 0 Å². The number of benzene rings is 2. The van der Waals surface area contributed by atoms with Crippen LogP contribution in [0, 0.1) is 0 Å². The van der Waals surface area contributed by atoms with Crippen LogP contribution in [0.5, 0.6) is 0 Å². The van der Waals surface area contributed by atoms with Gasteiger partial charge < -0.3 is 10.2 Å². The van der Waals surface area contributed by atoms with E-state index in [-0.39, 0.29) is 0 Å². The molecule has 42 heavy (non-hydrogen) atoms. The van der Waals surface area contributed by atoms with Crippen LogP contribution in [-0.4, -0.2) is 15.0 Å². The zero-order valence-electron chi connectivity index (χ0n) is 24.6. The molecule has 210 valence electrons. The van der Waals surface area contributed by atoms with E-state index in [2.05, 4.69) is 102 Å². The Labute approximate surface area is 248 Å². The highest BCUT2D eigenvalue weighted by atomic mass is 15.2. The summed E-state index contributed by atoms with van der Waals surface area (Å²) in [7, 11) is 0. The Balaban J connectivity index is 1.23. The minimum Gasteiger partial charge on any atom is -0.340 e. The third-order valence-electron chi connectivity index (χ3n) is 8.34. The summed E-state index contributed by atoms with van der Waals surface area (Å²) in [5, 5.41) is 4.55. The number of para-hydroxylation sites is 1. The van der Waals surface area contributed by atoms with Crippen molar-refractivity contribution < 1.29 is 0 Å². The van der Waals surface area contributed by atoms with E-state index in [1.165, 1.54) is 22.4 Å². The fourth-order valence-corrected chi connectivity index (χ4v) is 6.08. The summed E-state index contributed by atoms with van der Waals surface area (Å²) >= 11 is 0. The summed E-state index contributed by atoms with van der Waals surface area (Å²) in [6, 6.07) is 19.0. The predicted molar refractivity (Wildman–Crippen MR) is 174 cm³/mol. The molecule has 0 spiro atoms. The number of nitrogens with one attached hydrogen (secondary N) is 1. The van der Waals surface area contributed by atoms with Gasteiger partial charge in [0, 0.05) is 46.4 Å². The van der Waals surface area contributed by atoms with Gasteiger partial charge in [0.2, 0.25) is 0 Å². The van der Waals surface area contributed by atoms with Crippen LogP contribution in [0.3, 0.4) is 0 Å². The number of rotatable bonds is 8. The minimum atomic E-state index is 0.689. The molecule has 0 bridgehead atoms. The molecule has 0 saturated heterocycles. The molecule has 1 N–H and O–H groups in total. The molecule has 3 heterocycles. The van der Waals surface area contributed by atoms with Gasteiger partial charge >= 0.3 is 0 Å². The summed E-state index contributed by atoms with van der Waals surface area (Å²) in [4.78, 5) is 16.2. The highest BCUT2D eigenvalue weighted by molar-refractivity contribution is 5.83. The fraction of sp³-hybridized carbons (Fsp3) is 0.216. The number of allylic oxidation sites excluding steroid dienone is 4. The van der Waals surface area contributed by atoms with Gasteiger partial charge in [-0.05, 0) is 96.3 Å². The first-order valence-corrected chi connectivity index (χ1v) is 14.8. The molecule has 0 saturated carbocycles. The summed E-state index contributed by atoms with van der Waals surface area (Å²) in [5.74, 6) is 0.736. The molecular formula is C37H37N5. The van der Waals surface area contributed by atoms with E-state index in [1.54, 1.807) is 6.33 Å². The zero-order chi connectivity index (χ0) is 29.2. The molecule has 0 amide bonds. The van der Waals surface area contributed by atoms with Crippen molar-refractivity contribution in [3.63, 3.8) is 0 Å². The standard InChI is InChI=1S/C37H37N5/c1-6-28-19-33-34(39-23-40-35(33)20-29(28)7-2)18-27-16-17-37(38-22-27)41-25(4)32-21-31-24(3)12-11-15-36(31)42(26(32)5)30-13-9-8-10-14-30/h8-10,13-14,16-17,19-23H,3-7,11-12,15,18H2,1-2H3,(H,38,41). The van der Waals surface area contributed by atoms with Gasteiger partial charge in [-0.25, -0.2) is 15.0 Å². The van der Waals surface area contributed by atoms with E-state index in [0.29, 0.717) is 6.42 Å². The number of aryl methyl sites for hydroxylation is 2. The molecule has 6 rings (SSSR count). The quantitative estimate of drug-likeness (QED) is 0.238. The summed E-state index contributed by atoms with van der Waals surface area (Å²) in [6.45, 7) is 17.7. The predicted octanol–water partition coefficient (Wildman–Crippen LogP) is 8.62. The second-order valence-corrected chi connectivity index (χ2v) is 11.0. The molecule has 0 unspecified atom stereocenters. The SMILES string of the molecule is C=C1CCCC2=C1C=C(C(=C)Nc1ccc(Cc3ncnc4cc(CC)c(CC)cc34)cn1)C(=C)N2c1ccccc1. The van der Waals surface area contributed by atoms with Crippen LogP contribution >= 0.6 is 0 Å². The molecule has 0 radical (unpaired) electrons. The van der Waals surface area contributed by atoms with Gasteiger partial charge in [0.15, 0.2) is 0 Å². The highest BCUT2D eigenvalue weighted by Crippen LogP contribution is 2.43. The van der Waals surface area contributed by atoms with Crippen molar-refractivity contribution in [2.45, 2.75) is 52.4 Å². The Morgan fingerprint density at radius 1 is 0.929 bits per heavy atom. The average molecular weight is 552 g/mol. The monoisotopic (exact) mass is 551 g/mol. The van der Waals surface area contributed by atoms with Crippen molar-refractivity contribution in [2.24, 2.45) is 0 Å². The number of anilines is 2. The van der Waals surface area contributed by atoms with Crippen LogP contribution in [0.2, 0.25) is 0 Å². The molecule has 4 aromatic rings. The number of aromatic nitrogens is 3. The molecule has 1 aliphatic carbocycles. The Morgan fingerprint density at radius 3 is 2.45 bits per heavy atom. The molecule has 2 aromatic heterocycles. The van der Waals surface area contributed by atoms with E-state index in [9.17, 15) is 0 Å². The zero-order valence-corrected chi connectivity index (χ0v) is 24.6. The third kappa shape index (κ3) is 5.18. The molecule has 0 fully saturated rings. The molecule has 2 aromatic carbocycles. The maximum Gasteiger partial charge on any atom is 0.130 e. The van der Waals surface area contributed by atoms with Crippen molar-refractivity contribution in [2.75, 3.05) is 10.2 Å². The molecule has 5 heteroatoms. The van der Waals surface area contributed by atoms with Gasteiger partial charge in [-0.1, -0.05) is 57.8 Å². The van der Waals surface area contributed by atoms with Gasteiger partial charge in [0.25, 0.3) is 0 Å². The number of nitrogens with zero attached hydrogens (tertiary/aromatic N) is 4. The van der Waals surface area contributed by atoms with Gasteiger partial charge in [0.05, 0.1) is 11.2 Å². The number of hydrogen-bond acceptors (Lipinski definition) is 5. The van der Waals surface area contributed by atoms with Gasteiger partial charge in [0.1, 0.15) is 12.1 Å². The van der Waals surface area contributed by atoms with E-state index >= 15 is 0 Å². The van der Waals surface area contributed by atoms with E-state index < -0.39 is 0 Å². The molecular weight excluding hydrogens is 514 g/mol. The summed E-state index contributed by atoms with van der Waals surface area (Å²) in [6.07, 6.45) is 11.6. The van der Waals surface area contributed by atoms with Crippen molar-refractivity contribution in [1.82, 2.24) is 15.0 Å². The fourth-order valence-electron chi connectivity index (χ4n) is 6.08. The lowest BCUT2D eigenvalue weighted by molar-refractivity contribution is 0.743. The second-order valence-electron chi connectivity index (χ2n) is 11.0. The Kier molecular flexibility index (Phi) is 7.58. The van der Waals surface area contributed by atoms with E-state index in [4.69, 9.17) is 4.98 Å². The van der Waals surface area contributed by atoms with Crippen LogP contribution in [0.15, 0.2) is 127 Å². The van der Waals surface area contributed by atoms with Crippen molar-refractivity contribution in [3.8, 4) is 0 Å².